The number of hydrogen-bond donors (Lipinski definition) is 2. The fourth-order valence-corrected chi connectivity index (χ4v) is 4.57. The number of anilines is 1. The van der Waals surface area contributed by atoms with E-state index in [4.69, 9.17) is 0 Å². The number of para-hydroxylation sites is 1. The van der Waals surface area contributed by atoms with Gasteiger partial charge >= 0.3 is 0 Å². The molecule has 3 aromatic rings. The Morgan fingerprint density at radius 1 is 0.969 bits per heavy atom. The first-order chi connectivity index (χ1) is 15.5. The van der Waals surface area contributed by atoms with E-state index >= 15 is 0 Å². The van der Waals surface area contributed by atoms with Crippen molar-refractivity contribution in [2.45, 2.75) is 30.6 Å². The number of hydrogen-bond acceptors (Lipinski definition) is 5. The number of fused-ring (bicyclic) bond motifs is 1. The number of pyridine rings is 1. The fraction of sp³-hybridized carbons (Fsp3) is 0.208. The summed E-state index contributed by atoms with van der Waals surface area (Å²) in [5.74, 6) is 0.110. The van der Waals surface area contributed by atoms with Gasteiger partial charge in [0.05, 0.1) is 16.1 Å². The number of carbonyl (C=O) groups excluding carboxylic acids is 1. The SMILES string of the molecule is O=C(/C=C/c1ccc2ccccc2n1)Nc1cccc(S(=O)(=O)NC2=NCCCCC2)c1. The molecule has 7 nitrogen and oxygen atoms in total. The van der Waals surface area contributed by atoms with Gasteiger partial charge in [-0.1, -0.05) is 36.8 Å². The highest BCUT2D eigenvalue weighted by molar-refractivity contribution is 7.90. The van der Waals surface area contributed by atoms with Crippen LogP contribution in [-0.4, -0.2) is 31.7 Å². The second-order valence-corrected chi connectivity index (χ2v) is 9.21. The Labute approximate surface area is 187 Å². The second kappa shape index (κ2) is 9.74. The number of amides is 1. The molecule has 2 heterocycles. The van der Waals surface area contributed by atoms with Gasteiger partial charge in [-0.05, 0) is 49.2 Å². The van der Waals surface area contributed by atoms with E-state index in [0.717, 1.165) is 30.2 Å². The van der Waals surface area contributed by atoms with Gasteiger partial charge in [-0.2, -0.15) is 0 Å². The molecule has 0 radical (unpaired) electrons. The van der Waals surface area contributed by atoms with Crippen molar-refractivity contribution in [3.8, 4) is 0 Å². The van der Waals surface area contributed by atoms with E-state index in [-0.39, 0.29) is 10.8 Å². The summed E-state index contributed by atoms with van der Waals surface area (Å²) in [6.45, 7) is 0.631. The molecule has 2 aromatic carbocycles. The maximum Gasteiger partial charge on any atom is 0.262 e. The van der Waals surface area contributed by atoms with Crippen LogP contribution in [0.5, 0.6) is 0 Å². The molecule has 0 saturated heterocycles. The molecule has 1 aromatic heterocycles. The first kappa shape index (κ1) is 21.7. The summed E-state index contributed by atoms with van der Waals surface area (Å²) >= 11 is 0. The Morgan fingerprint density at radius 2 is 1.84 bits per heavy atom. The van der Waals surface area contributed by atoms with Crippen LogP contribution in [0.4, 0.5) is 5.69 Å². The van der Waals surface area contributed by atoms with E-state index in [0.29, 0.717) is 30.2 Å². The number of benzene rings is 2. The fourth-order valence-electron chi connectivity index (χ4n) is 3.43. The van der Waals surface area contributed by atoms with Gasteiger partial charge in [0, 0.05) is 30.1 Å². The Balaban J connectivity index is 1.43. The van der Waals surface area contributed by atoms with Gasteiger partial charge < -0.3 is 5.32 Å². The first-order valence-electron chi connectivity index (χ1n) is 10.5. The molecule has 0 bridgehead atoms. The van der Waals surface area contributed by atoms with E-state index in [1.807, 2.05) is 36.4 Å². The van der Waals surface area contributed by atoms with Crippen molar-refractivity contribution in [1.82, 2.24) is 9.71 Å². The Bertz CT molecular complexity index is 1300. The third-order valence-electron chi connectivity index (χ3n) is 5.06. The lowest BCUT2D eigenvalue weighted by atomic mass is 10.2. The molecule has 0 fully saturated rings. The minimum absolute atomic E-state index is 0.0717. The summed E-state index contributed by atoms with van der Waals surface area (Å²) < 4.78 is 28.1. The summed E-state index contributed by atoms with van der Waals surface area (Å²) in [7, 11) is -3.77. The smallest absolute Gasteiger partial charge is 0.262 e. The molecule has 0 atom stereocenters. The average molecular weight is 449 g/mol. The van der Waals surface area contributed by atoms with Crippen LogP contribution in [0, 0.1) is 0 Å². The van der Waals surface area contributed by atoms with Gasteiger partial charge in [0.25, 0.3) is 10.0 Å². The van der Waals surface area contributed by atoms with Gasteiger partial charge in [0.1, 0.15) is 5.84 Å². The lowest BCUT2D eigenvalue weighted by Crippen LogP contribution is -2.30. The summed E-state index contributed by atoms with van der Waals surface area (Å²) in [5, 5.41) is 3.72. The Hall–Kier alpha value is -3.52. The zero-order chi connectivity index (χ0) is 22.4. The molecule has 1 aliphatic rings. The van der Waals surface area contributed by atoms with Crippen LogP contribution in [0.25, 0.3) is 17.0 Å². The van der Waals surface area contributed by atoms with Crippen molar-refractivity contribution in [3.63, 3.8) is 0 Å². The molecule has 2 N–H and O–H groups in total. The number of nitrogens with one attached hydrogen (secondary N) is 2. The van der Waals surface area contributed by atoms with Crippen LogP contribution in [0.1, 0.15) is 31.4 Å². The molecule has 8 heteroatoms. The number of aliphatic imine (C=N–C) groups is 1. The number of aromatic nitrogens is 1. The summed E-state index contributed by atoms with van der Waals surface area (Å²) in [6, 6.07) is 17.7. The predicted molar refractivity (Wildman–Crippen MR) is 127 cm³/mol. The number of amidine groups is 1. The maximum absolute atomic E-state index is 12.7. The number of carbonyl (C=O) groups is 1. The van der Waals surface area contributed by atoms with Crippen molar-refractivity contribution in [2.75, 3.05) is 11.9 Å². The first-order valence-corrected chi connectivity index (χ1v) is 12.0. The third kappa shape index (κ3) is 5.59. The minimum Gasteiger partial charge on any atom is -0.322 e. The molecule has 32 heavy (non-hydrogen) atoms. The highest BCUT2D eigenvalue weighted by Gasteiger charge is 2.17. The largest absolute Gasteiger partial charge is 0.322 e. The highest BCUT2D eigenvalue weighted by atomic mass is 32.2. The topological polar surface area (TPSA) is 101 Å². The Morgan fingerprint density at radius 3 is 2.75 bits per heavy atom. The van der Waals surface area contributed by atoms with E-state index in [1.165, 1.54) is 18.2 Å². The van der Waals surface area contributed by atoms with Crippen molar-refractivity contribution in [1.29, 1.82) is 0 Å². The Kier molecular flexibility index (Phi) is 6.61. The molecular weight excluding hydrogens is 424 g/mol. The number of nitrogens with zero attached hydrogens (tertiary/aromatic N) is 2. The van der Waals surface area contributed by atoms with Crippen LogP contribution in [0.15, 0.2) is 76.6 Å². The van der Waals surface area contributed by atoms with Crippen LogP contribution in [0.2, 0.25) is 0 Å². The maximum atomic E-state index is 12.7. The van der Waals surface area contributed by atoms with Crippen molar-refractivity contribution >= 4 is 44.4 Å². The number of sulfonamides is 1. The molecule has 0 saturated carbocycles. The van der Waals surface area contributed by atoms with E-state index < -0.39 is 10.0 Å². The highest BCUT2D eigenvalue weighted by Crippen LogP contribution is 2.17. The minimum atomic E-state index is -3.77. The lowest BCUT2D eigenvalue weighted by molar-refractivity contribution is -0.111. The molecule has 1 amide bonds. The molecular formula is C24H24N4O3S. The second-order valence-electron chi connectivity index (χ2n) is 7.52. The monoisotopic (exact) mass is 448 g/mol. The zero-order valence-corrected chi connectivity index (χ0v) is 18.3. The average Bonchev–Trinajstić information content (AvgIpc) is 3.06. The van der Waals surface area contributed by atoms with E-state index in [2.05, 4.69) is 20.0 Å². The summed E-state index contributed by atoms with van der Waals surface area (Å²) in [4.78, 5) is 21.2. The number of rotatable bonds is 5. The third-order valence-corrected chi connectivity index (χ3v) is 6.44. The molecule has 1 aliphatic heterocycles. The van der Waals surface area contributed by atoms with Crippen LogP contribution >= 0.6 is 0 Å². The van der Waals surface area contributed by atoms with Crippen molar-refractivity contribution in [3.05, 3.63) is 72.4 Å². The molecule has 0 unspecified atom stereocenters. The van der Waals surface area contributed by atoms with E-state index in [9.17, 15) is 13.2 Å². The van der Waals surface area contributed by atoms with Gasteiger partial charge in [-0.15, -0.1) is 0 Å². The van der Waals surface area contributed by atoms with Gasteiger partial charge in [0.2, 0.25) is 5.91 Å². The lowest BCUT2D eigenvalue weighted by Gasteiger charge is -2.11. The molecule has 0 aliphatic carbocycles. The van der Waals surface area contributed by atoms with Crippen molar-refractivity contribution < 1.29 is 13.2 Å². The summed E-state index contributed by atoms with van der Waals surface area (Å²) in [6.07, 6.45) is 6.53. The molecule has 0 spiro atoms. The predicted octanol–water partition coefficient (Wildman–Crippen LogP) is 4.14. The van der Waals surface area contributed by atoms with Crippen LogP contribution < -0.4 is 10.0 Å². The van der Waals surface area contributed by atoms with Gasteiger partial charge in [-0.3, -0.25) is 14.5 Å². The van der Waals surface area contributed by atoms with Gasteiger partial charge in [-0.25, -0.2) is 13.4 Å². The normalized spacial score (nSPS) is 14.7. The summed E-state index contributed by atoms with van der Waals surface area (Å²) in [5.41, 5.74) is 1.89. The van der Waals surface area contributed by atoms with Crippen LogP contribution in [0.3, 0.4) is 0 Å². The van der Waals surface area contributed by atoms with Crippen molar-refractivity contribution in [2.24, 2.45) is 4.99 Å². The van der Waals surface area contributed by atoms with Gasteiger partial charge in [0.15, 0.2) is 0 Å². The standard InChI is InChI=1S/C24H24N4O3S/c29-24(15-14-19-13-12-18-7-3-4-10-22(18)26-19)27-20-8-6-9-21(17-20)32(30,31)28-23-11-2-1-5-16-25-23/h3-4,6-10,12-15,17H,1-2,5,11,16H2,(H,25,28)(H,27,29)/b15-14+. The molecule has 164 valence electrons. The van der Waals surface area contributed by atoms with Crippen LogP contribution in [-0.2, 0) is 14.8 Å². The molecule has 4 rings (SSSR count). The van der Waals surface area contributed by atoms with E-state index in [1.54, 1.807) is 18.2 Å². The zero-order valence-electron chi connectivity index (χ0n) is 17.5. The quantitative estimate of drug-likeness (QED) is 0.573.